The molecule has 1 aliphatic rings. The zero-order chi connectivity index (χ0) is 26.8. The fourth-order valence-corrected chi connectivity index (χ4v) is 7.71. The molecule has 1 atom stereocenters. The van der Waals surface area contributed by atoms with Crippen LogP contribution in [0.1, 0.15) is 36.1 Å². The number of nitrogens with zero attached hydrogens (tertiary/aromatic N) is 1. The third-order valence-electron chi connectivity index (χ3n) is 8.37. The van der Waals surface area contributed by atoms with Crippen LogP contribution in [0.15, 0.2) is 110 Å². The van der Waals surface area contributed by atoms with Crippen LogP contribution < -0.4 is 0 Å². The predicted molar refractivity (Wildman–Crippen MR) is 176 cm³/mol. The smallest absolute Gasteiger partial charge is 0.0646 e. The van der Waals surface area contributed by atoms with Gasteiger partial charge in [0.05, 0.1) is 21.4 Å². The van der Waals surface area contributed by atoms with Gasteiger partial charge in [-0.2, -0.15) is 0 Å². The first-order chi connectivity index (χ1) is 19.7. The maximum absolute atomic E-state index is 4.24. The Bertz CT molecular complexity index is 2210. The number of thiophene rings is 1. The first-order valence-corrected chi connectivity index (χ1v) is 14.7. The molecule has 0 bridgehead atoms. The van der Waals surface area contributed by atoms with Gasteiger partial charge in [0.15, 0.2) is 0 Å². The SMILES string of the molecule is C=Cc1c(/C=C\C)c2cc3c(cc2n1-c1ccc([C@H]2C=CC=CC2)cc1)sc1c3ccc2c3ccccc3[nH]c21. The number of hydrogen-bond donors (Lipinski definition) is 1. The molecule has 0 amide bonds. The Morgan fingerprint density at radius 3 is 2.55 bits per heavy atom. The van der Waals surface area contributed by atoms with Crippen LogP contribution >= 0.6 is 11.3 Å². The second-order valence-electron chi connectivity index (χ2n) is 10.6. The number of para-hydroxylation sites is 1. The van der Waals surface area contributed by atoms with Gasteiger partial charge in [0, 0.05) is 54.3 Å². The number of nitrogens with one attached hydrogen (secondary N) is 1. The Kier molecular flexibility index (Phi) is 5.23. The van der Waals surface area contributed by atoms with Gasteiger partial charge in [0.1, 0.15) is 0 Å². The lowest BCUT2D eigenvalue weighted by Gasteiger charge is -2.15. The van der Waals surface area contributed by atoms with Crippen molar-refractivity contribution in [1.82, 2.24) is 9.55 Å². The van der Waals surface area contributed by atoms with Crippen molar-refractivity contribution in [2.75, 3.05) is 0 Å². The summed E-state index contributed by atoms with van der Waals surface area (Å²) in [5.74, 6) is 0.442. The molecular weight excluding hydrogens is 504 g/mol. The molecule has 0 fully saturated rings. The number of aromatic nitrogens is 2. The van der Waals surface area contributed by atoms with E-state index in [4.69, 9.17) is 0 Å². The van der Waals surface area contributed by atoms with Crippen LogP contribution in [0.25, 0.3) is 70.7 Å². The third kappa shape index (κ3) is 3.34. The highest BCUT2D eigenvalue weighted by Crippen LogP contribution is 2.43. The molecule has 7 aromatic rings. The second kappa shape index (κ2) is 8.97. The van der Waals surface area contributed by atoms with Crippen molar-refractivity contribution in [2.24, 2.45) is 0 Å². The summed E-state index contributed by atoms with van der Waals surface area (Å²) in [5, 5.41) is 6.43. The van der Waals surface area contributed by atoms with Gasteiger partial charge in [0.25, 0.3) is 0 Å². The number of allylic oxidation sites excluding steroid dienone is 5. The van der Waals surface area contributed by atoms with Crippen LogP contribution in [-0.4, -0.2) is 9.55 Å². The molecule has 3 heterocycles. The summed E-state index contributed by atoms with van der Waals surface area (Å²) in [5.41, 5.74) is 8.48. The monoisotopic (exact) mass is 532 g/mol. The highest BCUT2D eigenvalue weighted by Gasteiger charge is 2.19. The quantitative estimate of drug-likeness (QED) is 0.233. The van der Waals surface area contributed by atoms with Crippen LogP contribution in [0, 0.1) is 0 Å². The van der Waals surface area contributed by atoms with Crippen molar-refractivity contribution in [3.8, 4) is 5.69 Å². The standard InChI is InChI=1S/C37H28N2S/c1-3-10-27-30-21-31-29-20-19-28-26-13-8-9-14-32(26)38-36(28)37(29)40-35(31)22-34(30)39(33(27)4-2)25-17-15-24(16-18-25)23-11-6-5-7-12-23/h3-11,13-23,38H,2,12H2,1H3/b10-3-/t23-/m0/s1. The largest absolute Gasteiger partial charge is 0.353 e. The summed E-state index contributed by atoms with van der Waals surface area (Å²) < 4.78 is 4.99. The number of aromatic amines is 1. The summed E-state index contributed by atoms with van der Waals surface area (Å²) >= 11 is 1.88. The van der Waals surface area contributed by atoms with E-state index in [0.29, 0.717) is 5.92 Å². The molecule has 0 aliphatic heterocycles. The van der Waals surface area contributed by atoms with E-state index in [-0.39, 0.29) is 0 Å². The van der Waals surface area contributed by atoms with Crippen LogP contribution in [0.3, 0.4) is 0 Å². The van der Waals surface area contributed by atoms with Gasteiger partial charge < -0.3 is 9.55 Å². The van der Waals surface area contributed by atoms with E-state index in [9.17, 15) is 0 Å². The molecule has 4 aromatic carbocycles. The van der Waals surface area contributed by atoms with Gasteiger partial charge in [-0.3, -0.25) is 0 Å². The lowest BCUT2D eigenvalue weighted by molar-refractivity contribution is 0.853. The van der Waals surface area contributed by atoms with Crippen LogP contribution in [-0.2, 0) is 0 Å². The topological polar surface area (TPSA) is 20.7 Å². The van der Waals surface area contributed by atoms with Crippen molar-refractivity contribution < 1.29 is 0 Å². The Hall–Kier alpha value is -4.60. The zero-order valence-corrected chi connectivity index (χ0v) is 23.1. The normalized spacial score (nSPS) is 15.6. The minimum atomic E-state index is 0.442. The van der Waals surface area contributed by atoms with Gasteiger partial charge in [-0.1, -0.05) is 85.5 Å². The van der Waals surface area contributed by atoms with Gasteiger partial charge in [0.2, 0.25) is 0 Å². The Morgan fingerprint density at radius 1 is 0.900 bits per heavy atom. The molecule has 1 aliphatic carbocycles. The molecule has 0 unspecified atom stereocenters. The fraction of sp³-hybridized carbons (Fsp3) is 0.0811. The third-order valence-corrected chi connectivity index (χ3v) is 9.56. The average molecular weight is 533 g/mol. The maximum Gasteiger partial charge on any atom is 0.0646 e. The van der Waals surface area contributed by atoms with Gasteiger partial charge in [-0.15, -0.1) is 11.3 Å². The first kappa shape index (κ1) is 23.3. The zero-order valence-electron chi connectivity index (χ0n) is 22.3. The van der Waals surface area contributed by atoms with Crippen molar-refractivity contribution in [3.05, 3.63) is 127 Å². The minimum Gasteiger partial charge on any atom is -0.353 e. The van der Waals surface area contributed by atoms with E-state index in [1.165, 1.54) is 64.0 Å². The van der Waals surface area contributed by atoms with E-state index in [1.807, 2.05) is 17.4 Å². The Balaban J connectivity index is 1.38. The Morgan fingerprint density at radius 2 is 1.75 bits per heavy atom. The molecule has 8 rings (SSSR count). The molecule has 0 radical (unpaired) electrons. The summed E-state index contributed by atoms with van der Waals surface area (Å²) in [4.78, 5) is 3.71. The van der Waals surface area contributed by atoms with Crippen molar-refractivity contribution in [3.63, 3.8) is 0 Å². The first-order valence-electron chi connectivity index (χ1n) is 13.9. The van der Waals surface area contributed by atoms with Crippen LogP contribution in [0.4, 0.5) is 0 Å². The lowest BCUT2D eigenvalue weighted by Crippen LogP contribution is -2.00. The van der Waals surface area contributed by atoms with Crippen molar-refractivity contribution in [2.45, 2.75) is 19.3 Å². The van der Waals surface area contributed by atoms with Crippen LogP contribution in [0.5, 0.6) is 0 Å². The Labute approximate surface area is 236 Å². The molecule has 3 aromatic heterocycles. The van der Waals surface area contributed by atoms with E-state index in [2.05, 4.69) is 132 Å². The number of hydrogen-bond acceptors (Lipinski definition) is 1. The van der Waals surface area contributed by atoms with Gasteiger partial charge in [-0.05, 0) is 55.3 Å². The maximum atomic E-state index is 4.24. The molecule has 0 saturated heterocycles. The molecule has 192 valence electrons. The summed E-state index contributed by atoms with van der Waals surface area (Å²) in [6.07, 6.45) is 16.2. The molecular formula is C37H28N2S. The number of H-pyrrole nitrogens is 1. The number of benzene rings is 4. The summed E-state index contributed by atoms with van der Waals surface area (Å²) in [7, 11) is 0. The summed E-state index contributed by atoms with van der Waals surface area (Å²) in [6, 6.07) is 27.0. The molecule has 2 nitrogen and oxygen atoms in total. The van der Waals surface area contributed by atoms with Crippen molar-refractivity contribution >= 4 is 76.4 Å². The van der Waals surface area contributed by atoms with E-state index in [1.54, 1.807) is 0 Å². The highest BCUT2D eigenvalue weighted by atomic mass is 32.1. The number of rotatable bonds is 4. The number of fused-ring (bicyclic) bond motifs is 8. The predicted octanol–water partition coefficient (Wildman–Crippen LogP) is 10.9. The summed E-state index contributed by atoms with van der Waals surface area (Å²) in [6.45, 7) is 6.32. The molecule has 3 heteroatoms. The second-order valence-corrected chi connectivity index (χ2v) is 11.6. The molecule has 0 spiro atoms. The lowest BCUT2D eigenvalue weighted by atomic mass is 9.92. The highest BCUT2D eigenvalue weighted by molar-refractivity contribution is 7.26. The average Bonchev–Trinajstić information content (AvgIpc) is 3.66. The molecule has 0 saturated carbocycles. The minimum absolute atomic E-state index is 0.442. The van der Waals surface area contributed by atoms with E-state index < -0.39 is 0 Å². The van der Waals surface area contributed by atoms with Gasteiger partial charge >= 0.3 is 0 Å². The van der Waals surface area contributed by atoms with Crippen molar-refractivity contribution in [1.29, 1.82) is 0 Å². The van der Waals surface area contributed by atoms with E-state index >= 15 is 0 Å². The van der Waals surface area contributed by atoms with Gasteiger partial charge in [-0.25, -0.2) is 0 Å². The van der Waals surface area contributed by atoms with E-state index in [0.717, 1.165) is 17.8 Å². The molecule has 1 N–H and O–H groups in total. The fourth-order valence-electron chi connectivity index (χ4n) is 6.49. The van der Waals surface area contributed by atoms with Crippen LogP contribution in [0.2, 0.25) is 0 Å². The molecule has 40 heavy (non-hydrogen) atoms.